The van der Waals surface area contributed by atoms with Gasteiger partial charge in [-0.15, -0.1) is 0 Å². The van der Waals surface area contributed by atoms with Crippen molar-refractivity contribution in [3.63, 3.8) is 0 Å². The van der Waals surface area contributed by atoms with Crippen LogP contribution < -0.4 is 0 Å². The molecule has 0 N–H and O–H groups in total. The SMILES string of the molecule is FC(F)c1nc2cnc(-c3cccc(C(F)(F)F)c3)cn2c1Br. The predicted molar refractivity (Wildman–Crippen MR) is 76.1 cm³/mol. The first kappa shape index (κ1) is 15.9. The highest BCUT2D eigenvalue weighted by molar-refractivity contribution is 9.10. The molecule has 0 saturated heterocycles. The Bertz CT molecular complexity index is 872. The monoisotopic (exact) mass is 391 g/mol. The summed E-state index contributed by atoms with van der Waals surface area (Å²) in [6.45, 7) is 0. The smallest absolute Gasteiger partial charge is 0.290 e. The lowest BCUT2D eigenvalue weighted by Gasteiger charge is -2.08. The van der Waals surface area contributed by atoms with Crippen molar-refractivity contribution in [1.82, 2.24) is 14.4 Å². The lowest BCUT2D eigenvalue weighted by atomic mass is 10.1. The topological polar surface area (TPSA) is 30.2 Å². The number of benzene rings is 1. The van der Waals surface area contributed by atoms with Gasteiger partial charge < -0.3 is 0 Å². The number of imidazole rings is 1. The molecule has 0 bridgehead atoms. The maximum Gasteiger partial charge on any atom is 0.416 e. The Morgan fingerprint density at radius 1 is 1.17 bits per heavy atom. The Labute approximate surface area is 134 Å². The number of alkyl halides is 5. The van der Waals surface area contributed by atoms with Crippen LogP contribution in [0.15, 0.2) is 41.3 Å². The van der Waals surface area contributed by atoms with Crippen LogP contribution in [0.25, 0.3) is 16.9 Å². The van der Waals surface area contributed by atoms with E-state index in [1.165, 1.54) is 28.9 Å². The van der Waals surface area contributed by atoms with Gasteiger partial charge in [0.2, 0.25) is 0 Å². The Morgan fingerprint density at radius 2 is 1.91 bits per heavy atom. The average molecular weight is 392 g/mol. The minimum absolute atomic E-state index is 0.0399. The van der Waals surface area contributed by atoms with Gasteiger partial charge in [0.1, 0.15) is 10.3 Å². The van der Waals surface area contributed by atoms with Crippen LogP contribution in [0.1, 0.15) is 17.7 Å². The fourth-order valence-corrected chi connectivity index (χ4v) is 2.63. The van der Waals surface area contributed by atoms with E-state index in [1.54, 1.807) is 0 Å². The second-order valence-corrected chi connectivity index (χ2v) is 5.42. The van der Waals surface area contributed by atoms with Crippen molar-refractivity contribution >= 4 is 21.6 Å². The highest BCUT2D eigenvalue weighted by Gasteiger charge is 2.30. The molecule has 0 fully saturated rings. The highest BCUT2D eigenvalue weighted by Crippen LogP contribution is 2.32. The van der Waals surface area contributed by atoms with E-state index in [2.05, 4.69) is 25.9 Å². The fraction of sp³-hybridized carbons (Fsp3) is 0.143. The number of nitrogens with zero attached hydrogens (tertiary/aromatic N) is 3. The van der Waals surface area contributed by atoms with Crippen LogP contribution in [0.2, 0.25) is 0 Å². The van der Waals surface area contributed by atoms with E-state index in [0.29, 0.717) is 0 Å². The third-order valence-corrected chi connectivity index (χ3v) is 3.96. The summed E-state index contributed by atoms with van der Waals surface area (Å²) in [5.74, 6) is 0. The van der Waals surface area contributed by atoms with Crippen LogP contribution in [-0.2, 0) is 6.18 Å². The molecular weight excluding hydrogens is 385 g/mol. The fourth-order valence-electron chi connectivity index (χ4n) is 2.09. The van der Waals surface area contributed by atoms with Gasteiger partial charge in [-0.3, -0.25) is 9.38 Å². The lowest BCUT2D eigenvalue weighted by molar-refractivity contribution is -0.137. The van der Waals surface area contributed by atoms with Gasteiger partial charge in [0.05, 0.1) is 17.5 Å². The molecule has 0 radical (unpaired) electrons. The molecule has 0 saturated carbocycles. The summed E-state index contributed by atoms with van der Waals surface area (Å²) in [5.41, 5.74) is -0.658. The van der Waals surface area contributed by atoms with Crippen LogP contribution >= 0.6 is 15.9 Å². The first-order chi connectivity index (χ1) is 10.8. The van der Waals surface area contributed by atoms with E-state index in [-0.39, 0.29) is 21.5 Å². The number of aromatic nitrogens is 3. The normalized spacial score (nSPS) is 12.3. The summed E-state index contributed by atoms with van der Waals surface area (Å²) < 4.78 is 65.3. The van der Waals surface area contributed by atoms with Crippen molar-refractivity contribution in [1.29, 1.82) is 0 Å². The molecule has 3 rings (SSSR count). The third kappa shape index (κ3) is 2.92. The van der Waals surface area contributed by atoms with Crippen molar-refractivity contribution in [3.05, 3.63) is 52.5 Å². The van der Waals surface area contributed by atoms with E-state index in [1.807, 2.05) is 0 Å². The molecule has 23 heavy (non-hydrogen) atoms. The second-order valence-electron chi connectivity index (χ2n) is 4.67. The van der Waals surface area contributed by atoms with Gasteiger partial charge >= 0.3 is 6.18 Å². The van der Waals surface area contributed by atoms with Crippen LogP contribution in [0.4, 0.5) is 22.0 Å². The molecule has 3 aromatic rings. The summed E-state index contributed by atoms with van der Waals surface area (Å²) in [5, 5.41) is 0. The largest absolute Gasteiger partial charge is 0.416 e. The maximum atomic E-state index is 12.8. The second kappa shape index (κ2) is 5.55. The zero-order chi connectivity index (χ0) is 16.8. The molecule has 1 aromatic carbocycles. The van der Waals surface area contributed by atoms with Crippen molar-refractivity contribution in [2.24, 2.45) is 0 Å². The van der Waals surface area contributed by atoms with Gasteiger partial charge in [-0.05, 0) is 28.1 Å². The average Bonchev–Trinajstić information content (AvgIpc) is 2.83. The summed E-state index contributed by atoms with van der Waals surface area (Å²) in [6, 6.07) is 4.62. The molecule has 2 heterocycles. The van der Waals surface area contributed by atoms with E-state index in [4.69, 9.17) is 0 Å². The first-order valence-corrected chi connectivity index (χ1v) is 7.06. The number of halogens is 6. The minimum Gasteiger partial charge on any atom is -0.290 e. The van der Waals surface area contributed by atoms with Crippen LogP contribution in [-0.4, -0.2) is 14.4 Å². The summed E-state index contributed by atoms with van der Waals surface area (Å²) in [7, 11) is 0. The zero-order valence-corrected chi connectivity index (χ0v) is 12.7. The van der Waals surface area contributed by atoms with Crippen molar-refractivity contribution < 1.29 is 22.0 Å². The van der Waals surface area contributed by atoms with Gasteiger partial charge in [0, 0.05) is 11.8 Å². The van der Waals surface area contributed by atoms with Crippen molar-refractivity contribution in [3.8, 4) is 11.3 Å². The summed E-state index contributed by atoms with van der Waals surface area (Å²) in [6.07, 6.45) is -4.67. The Morgan fingerprint density at radius 3 is 2.57 bits per heavy atom. The molecular formula is C14H7BrF5N3. The van der Waals surface area contributed by atoms with Gasteiger partial charge in [-0.2, -0.15) is 13.2 Å². The number of hydrogen-bond donors (Lipinski definition) is 0. The highest BCUT2D eigenvalue weighted by atomic mass is 79.9. The predicted octanol–water partition coefficient (Wildman–Crippen LogP) is 5.12. The molecule has 0 aliphatic rings. The Hall–Kier alpha value is -2.03. The van der Waals surface area contributed by atoms with E-state index >= 15 is 0 Å². The number of fused-ring (bicyclic) bond motifs is 1. The molecule has 120 valence electrons. The maximum absolute atomic E-state index is 12.8. The summed E-state index contributed by atoms with van der Waals surface area (Å²) in [4.78, 5) is 7.72. The molecule has 2 aromatic heterocycles. The first-order valence-electron chi connectivity index (χ1n) is 6.26. The Balaban J connectivity index is 2.12. The molecule has 0 amide bonds. The van der Waals surface area contributed by atoms with E-state index in [0.717, 1.165) is 12.1 Å². The quantitative estimate of drug-likeness (QED) is 0.567. The van der Waals surface area contributed by atoms with Crippen LogP contribution in [0, 0.1) is 0 Å². The lowest BCUT2D eigenvalue weighted by Crippen LogP contribution is -2.04. The molecule has 3 nitrogen and oxygen atoms in total. The Kier molecular flexibility index (Phi) is 3.83. The van der Waals surface area contributed by atoms with Gasteiger partial charge in [0.25, 0.3) is 6.43 Å². The number of hydrogen-bond acceptors (Lipinski definition) is 2. The summed E-state index contributed by atoms with van der Waals surface area (Å²) >= 11 is 3.02. The molecule has 0 unspecified atom stereocenters. The van der Waals surface area contributed by atoms with Crippen molar-refractivity contribution in [2.45, 2.75) is 12.6 Å². The van der Waals surface area contributed by atoms with Crippen LogP contribution in [0.3, 0.4) is 0 Å². The number of rotatable bonds is 2. The molecule has 0 aliphatic heterocycles. The zero-order valence-electron chi connectivity index (χ0n) is 11.2. The minimum atomic E-state index is -4.47. The molecule has 9 heteroatoms. The standard InChI is InChI=1S/C14H7BrF5N3/c15-12-11(13(16)17)22-10-5-21-9(6-23(10)12)7-2-1-3-8(4-7)14(18,19)20/h1-6,13H. The van der Waals surface area contributed by atoms with Gasteiger partial charge in [0.15, 0.2) is 5.65 Å². The van der Waals surface area contributed by atoms with E-state index < -0.39 is 23.9 Å². The molecule has 0 atom stereocenters. The van der Waals surface area contributed by atoms with Crippen LogP contribution in [0.5, 0.6) is 0 Å². The van der Waals surface area contributed by atoms with E-state index in [9.17, 15) is 22.0 Å². The molecule has 0 aliphatic carbocycles. The van der Waals surface area contributed by atoms with Gasteiger partial charge in [-0.25, -0.2) is 13.8 Å². The van der Waals surface area contributed by atoms with Crippen molar-refractivity contribution in [2.75, 3.05) is 0 Å². The van der Waals surface area contributed by atoms with Gasteiger partial charge in [-0.1, -0.05) is 12.1 Å². The third-order valence-electron chi connectivity index (χ3n) is 3.17. The molecule has 0 spiro atoms.